The van der Waals surface area contributed by atoms with Crippen LogP contribution < -0.4 is 0 Å². The summed E-state index contributed by atoms with van der Waals surface area (Å²) in [6.07, 6.45) is -1.63. The lowest BCUT2D eigenvalue weighted by Crippen LogP contribution is -2.12. The van der Waals surface area contributed by atoms with Crippen LogP contribution >= 0.6 is 0 Å². The Hall–Kier alpha value is -2.01. The van der Waals surface area contributed by atoms with Gasteiger partial charge in [0.2, 0.25) is 0 Å². The van der Waals surface area contributed by atoms with Gasteiger partial charge in [-0.3, -0.25) is 0 Å². The van der Waals surface area contributed by atoms with Crippen LogP contribution in [0.15, 0.2) is 18.2 Å². The summed E-state index contributed by atoms with van der Waals surface area (Å²) in [5, 5.41) is 29.0. The summed E-state index contributed by atoms with van der Waals surface area (Å²) in [5.41, 5.74) is 1.65. The fourth-order valence-corrected chi connectivity index (χ4v) is 2.40. The second kappa shape index (κ2) is 4.34. The van der Waals surface area contributed by atoms with Gasteiger partial charge in [-0.1, -0.05) is 6.07 Å². The van der Waals surface area contributed by atoms with Crippen molar-refractivity contribution in [2.45, 2.75) is 26.5 Å². The van der Waals surface area contributed by atoms with Crippen LogP contribution in [0.3, 0.4) is 0 Å². The van der Waals surface area contributed by atoms with E-state index in [1.165, 1.54) is 6.07 Å². The first-order valence-corrected chi connectivity index (χ1v) is 5.70. The number of aromatic nitrogens is 1. The minimum absolute atomic E-state index is 0.0156. The number of benzene rings is 1. The maximum atomic E-state index is 11.0. The molecule has 0 saturated carbocycles. The summed E-state index contributed by atoms with van der Waals surface area (Å²) in [6, 6.07) is 4.98. The molecule has 0 aliphatic carbocycles. The highest BCUT2D eigenvalue weighted by Crippen LogP contribution is 2.36. The van der Waals surface area contributed by atoms with E-state index in [0.717, 1.165) is 5.52 Å². The molecule has 18 heavy (non-hydrogen) atoms. The van der Waals surface area contributed by atoms with E-state index >= 15 is 0 Å². The van der Waals surface area contributed by atoms with Crippen LogP contribution in [0, 0.1) is 6.92 Å². The zero-order chi connectivity index (χ0) is 13.4. The van der Waals surface area contributed by atoms with Gasteiger partial charge in [0.15, 0.2) is 6.10 Å². The predicted octanol–water partition coefficient (Wildman–Crippen LogP) is 1.79. The molecule has 0 amide bonds. The molecule has 5 heteroatoms. The lowest BCUT2D eigenvalue weighted by atomic mass is 10.0. The number of phenols is 1. The number of aliphatic hydroxyl groups is 1. The Balaban J connectivity index is 2.87. The standard InChI is InChI=1S/C13H15NO4/c1-3-14-7(2)10(12(16)13(17)18)11-8(14)5-4-6-9(11)15/h4-6,12,15-16H,3H2,1-2H3,(H,17,18). The number of fused-ring (bicyclic) bond motifs is 1. The summed E-state index contributed by atoms with van der Waals surface area (Å²) in [4.78, 5) is 11.0. The van der Waals surface area contributed by atoms with E-state index in [4.69, 9.17) is 5.11 Å². The number of aryl methyl sites for hydroxylation is 1. The highest BCUT2D eigenvalue weighted by molar-refractivity contribution is 5.94. The highest BCUT2D eigenvalue weighted by atomic mass is 16.4. The number of aliphatic hydroxyl groups excluding tert-OH is 1. The van der Waals surface area contributed by atoms with Crippen molar-refractivity contribution in [1.82, 2.24) is 4.57 Å². The molecule has 1 aromatic heterocycles. The van der Waals surface area contributed by atoms with Crippen LogP contribution in [0.4, 0.5) is 0 Å². The second-order valence-corrected chi connectivity index (χ2v) is 4.16. The molecule has 2 rings (SSSR count). The molecule has 0 aliphatic heterocycles. The summed E-state index contributed by atoms with van der Waals surface area (Å²) in [5.74, 6) is -1.34. The Labute approximate surface area is 104 Å². The van der Waals surface area contributed by atoms with Crippen molar-refractivity contribution < 1.29 is 20.1 Å². The van der Waals surface area contributed by atoms with Crippen molar-refractivity contribution in [1.29, 1.82) is 0 Å². The van der Waals surface area contributed by atoms with Gasteiger partial charge in [0.1, 0.15) is 5.75 Å². The van der Waals surface area contributed by atoms with Gasteiger partial charge in [-0.2, -0.15) is 0 Å². The molecule has 0 fully saturated rings. The van der Waals surface area contributed by atoms with Crippen LogP contribution in [0.5, 0.6) is 5.75 Å². The lowest BCUT2D eigenvalue weighted by molar-refractivity contribution is -0.146. The zero-order valence-corrected chi connectivity index (χ0v) is 10.2. The number of nitrogens with zero attached hydrogens (tertiary/aromatic N) is 1. The second-order valence-electron chi connectivity index (χ2n) is 4.16. The first kappa shape index (κ1) is 12.4. The maximum absolute atomic E-state index is 11.0. The predicted molar refractivity (Wildman–Crippen MR) is 66.6 cm³/mol. The largest absolute Gasteiger partial charge is 0.507 e. The third-order valence-corrected chi connectivity index (χ3v) is 3.20. The summed E-state index contributed by atoms with van der Waals surface area (Å²) >= 11 is 0. The lowest BCUT2D eigenvalue weighted by Gasteiger charge is -2.07. The number of phenolic OH excluding ortho intramolecular Hbond substituents is 1. The molecule has 0 aliphatic rings. The molecule has 5 nitrogen and oxygen atoms in total. The Morgan fingerprint density at radius 1 is 1.44 bits per heavy atom. The molecular formula is C13H15NO4. The molecule has 1 atom stereocenters. The molecular weight excluding hydrogens is 234 g/mol. The molecule has 1 heterocycles. The molecule has 2 aromatic rings. The van der Waals surface area contributed by atoms with E-state index in [2.05, 4.69) is 0 Å². The fraction of sp³-hybridized carbons (Fsp3) is 0.308. The molecule has 96 valence electrons. The van der Waals surface area contributed by atoms with Gasteiger partial charge in [0, 0.05) is 23.2 Å². The van der Waals surface area contributed by atoms with Crippen molar-refractivity contribution >= 4 is 16.9 Å². The Kier molecular flexibility index (Phi) is 3.00. The molecule has 0 saturated heterocycles. The van der Waals surface area contributed by atoms with Crippen LogP contribution in [0.2, 0.25) is 0 Å². The van der Waals surface area contributed by atoms with E-state index in [-0.39, 0.29) is 11.3 Å². The molecule has 1 unspecified atom stereocenters. The van der Waals surface area contributed by atoms with Crippen molar-refractivity contribution in [2.24, 2.45) is 0 Å². The molecule has 0 radical (unpaired) electrons. The van der Waals surface area contributed by atoms with Gasteiger partial charge in [-0.15, -0.1) is 0 Å². The van der Waals surface area contributed by atoms with Crippen molar-refractivity contribution in [3.05, 3.63) is 29.5 Å². The SMILES string of the molecule is CCn1c(C)c(C(O)C(=O)O)c2c(O)cccc21. The third-order valence-electron chi connectivity index (χ3n) is 3.20. The molecule has 3 N–H and O–H groups in total. The van der Waals surface area contributed by atoms with Gasteiger partial charge in [0.25, 0.3) is 0 Å². The highest BCUT2D eigenvalue weighted by Gasteiger charge is 2.26. The summed E-state index contributed by atoms with van der Waals surface area (Å²) in [7, 11) is 0. The summed E-state index contributed by atoms with van der Waals surface area (Å²) < 4.78 is 1.87. The van der Waals surface area contributed by atoms with Gasteiger partial charge < -0.3 is 19.9 Å². The van der Waals surface area contributed by atoms with Crippen LogP contribution in [0.1, 0.15) is 24.3 Å². The zero-order valence-electron chi connectivity index (χ0n) is 10.2. The van der Waals surface area contributed by atoms with Crippen LogP contribution in [-0.2, 0) is 11.3 Å². The summed E-state index contributed by atoms with van der Waals surface area (Å²) in [6.45, 7) is 4.30. The minimum Gasteiger partial charge on any atom is -0.507 e. The van der Waals surface area contributed by atoms with Gasteiger partial charge >= 0.3 is 5.97 Å². The maximum Gasteiger partial charge on any atom is 0.337 e. The van der Waals surface area contributed by atoms with E-state index < -0.39 is 12.1 Å². The Morgan fingerprint density at radius 2 is 2.11 bits per heavy atom. The molecule has 1 aromatic carbocycles. The Morgan fingerprint density at radius 3 is 2.67 bits per heavy atom. The monoisotopic (exact) mass is 249 g/mol. The number of carboxylic acids is 1. The number of aliphatic carboxylic acids is 1. The van der Waals surface area contributed by atoms with Crippen LogP contribution in [-0.4, -0.2) is 25.9 Å². The number of rotatable bonds is 3. The van der Waals surface area contributed by atoms with E-state index in [0.29, 0.717) is 17.6 Å². The first-order chi connectivity index (χ1) is 8.49. The smallest absolute Gasteiger partial charge is 0.337 e. The van der Waals surface area contributed by atoms with E-state index in [1.54, 1.807) is 19.1 Å². The van der Waals surface area contributed by atoms with E-state index in [9.17, 15) is 15.0 Å². The van der Waals surface area contributed by atoms with Crippen LogP contribution in [0.25, 0.3) is 10.9 Å². The molecule has 0 bridgehead atoms. The topological polar surface area (TPSA) is 82.7 Å². The number of carbonyl (C=O) groups is 1. The van der Waals surface area contributed by atoms with Gasteiger partial charge in [-0.05, 0) is 26.0 Å². The van der Waals surface area contributed by atoms with Gasteiger partial charge in [-0.25, -0.2) is 4.79 Å². The normalized spacial score (nSPS) is 12.8. The fourth-order valence-electron chi connectivity index (χ4n) is 2.40. The number of hydrogen-bond donors (Lipinski definition) is 3. The Bertz CT molecular complexity index is 615. The minimum atomic E-state index is -1.63. The molecule has 0 spiro atoms. The van der Waals surface area contributed by atoms with Crippen molar-refractivity contribution in [2.75, 3.05) is 0 Å². The number of aromatic hydroxyl groups is 1. The van der Waals surface area contributed by atoms with Crippen molar-refractivity contribution in [3.8, 4) is 5.75 Å². The quantitative estimate of drug-likeness (QED) is 0.774. The van der Waals surface area contributed by atoms with Crippen molar-refractivity contribution in [3.63, 3.8) is 0 Å². The number of hydrogen-bond acceptors (Lipinski definition) is 3. The first-order valence-electron chi connectivity index (χ1n) is 5.70. The average molecular weight is 249 g/mol. The third kappa shape index (κ3) is 1.64. The number of carboxylic acid groups (broad SMARTS) is 1. The average Bonchev–Trinajstić information content (AvgIpc) is 2.61. The van der Waals surface area contributed by atoms with Gasteiger partial charge in [0.05, 0.1) is 5.52 Å². The van der Waals surface area contributed by atoms with E-state index in [1.807, 2.05) is 11.5 Å².